The van der Waals surface area contributed by atoms with Crippen LogP contribution < -0.4 is 10.1 Å². The molecule has 128 valence electrons. The number of ether oxygens (including phenoxy) is 1. The SMILES string of the molecule is Cc1ccccc1C(O)CNC(=O)c1ccnc(OCC(F)F)c1. The number of carbonyl (C=O) groups excluding carboxylic acids is 1. The first-order chi connectivity index (χ1) is 11.5. The van der Waals surface area contributed by atoms with Crippen molar-refractivity contribution in [2.24, 2.45) is 0 Å². The minimum absolute atomic E-state index is 0.0270. The number of benzene rings is 1. The zero-order valence-corrected chi connectivity index (χ0v) is 13.1. The maximum atomic E-state index is 12.1. The van der Waals surface area contributed by atoms with Crippen LogP contribution in [0.4, 0.5) is 8.78 Å². The molecular formula is C17H18F2N2O3. The Bertz CT molecular complexity index is 695. The fourth-order valence-electron chi connectivity index (χ4n) is 2.14. The summed E-state index contributed by atoms with van der Waals surface area (Å²) >= 11 is 0. The van der Waals surface area contributed by atoms with Gasteiger partial charge < -0.3 is 15.2 Å². The molecule has 1 amide bonds. The van der Waals surface area contributed by atoms with Gasteiger partial charge in [-0.05, 0) is 24.1 Å². The van der Waals surface area contributed by atoms with Gasteiger partial charge in [0.2, 0.25) is 5.88 Å². The summed E-state index contributed by atoms with van der Waals surface area (Å²) in [5, 5.41) is 12.8. The molecular weight excluding hydrogens is 318 g/mol. The molecule has 1 atom stereocenters. The number of nitrogens with one attached hydrogen (secondary N) is 1. The molecule has 0 aliphatic heterocycles. The minimum Gasteiger partial charge on any atom is -0.472 e. The van der Waals surface area contributed by atoms with Crippen LogP contribution in [0, 0.1) is 6.92 Å². The zero-order valence-electron chi connectivity index (χ0n) is 13.1. The van der Waals surface area contributed by atoms with Crippen LogP contribution in [0.1, 0.15) is 27.6 Å². The first-order valence-electron chi connectivity index (χ1n) is 7.36. The van der Waals surface area contributed by atoms with E-state index in [2.05, 4.69) is 10.3 Å². The van der Waals surface area contributed by atoms with Crippen LogP contribution in [0.25, 0.3) is 0 Å². The Hall–Kier alpha value is -2.54. The average molecular weight is 336 g/mol. The van der Waals surface area contributed by atoms with E-state index in [1.165, 1.54) is 18.3 Å². The smallest absolute Gasteiger partial charge is 0.272 e. The number of nitrogens with zero attached hydrogens (tertiary/aromatic N) is 1. The van der Waals surface area contributed by atoms with Crippen molar-refractivity contribution in [3.63, 3.8) is 0 Å². The molecule has 1 heterocycles. The number of alkyl halides is 2. The normalized spacial score (nSPS) is 12.0. The van der Waals surface area contributed by atoms with Gasteiger partial charge in [-0.25, -0.2) is 13.8 Å². The quantitative estimate of drug-likeness (QED) is 0.815. The first kappa shape index (κ1) is 17.8. The fourth-order valence-corrected chi connectivity index (χ4v) is 2.14. The summed E-state index contributed by atoms with van der Waals surface area (Å²) in [6.45, 7) is 1.11. The molecule has 1 aromatic heterocycles. The summed E-state index contributed by atoms with van der Waals surface area (Å²) in [5.74, 6) is -0.505. The first-order valence-corrected chi connectivity index (χ1v) is 7.36. The highest BCUT2D eigenvalue weighted by Gasteiger charge is 2.13. The molecule has 1 unspecified atom stereocenters. The lowest BCUT2D eigenvalue weighted by Crippen LogP contribution is -2.28. The van der Waals surface area contributed by atoms with Gasteiger partial charge in [-0.2, -0.15) is 0 Å². The van der Waals surface area contributed by atoms with Gasteiger partial charge in [-0.1, -0.05) is 24.3 Å². The third-order valence-electron chi connectivity index (χ3n) is 3.36. The topological polar surface area (TPSA) is 71.5 Å². The molecule has 0 aliphatic rings. The molecule has 2 rings (SSSR count). The number of carbonyl (C=O) groups is 1. The van der Waals surface area contributed by atoms with E-state index in [9.17, 15) is 18.7 Å². The van der Waals surface area contributed by atoms with E-state index in [0.29, 0.717) is 0 Å². The Morgan fingerprint density at radius 2 is 2.08 bits per heavy atom. The van der Waals surface area contributed by atoms with Crippen LogP contribution in [0.2, 0.25) is 0 Å². The van der Waals surface area contributed by atoms with E-state index in [1.54, 1.807) is 6.07 Å². The highest BCUT2D eigenvalue weighted by atomic mass is 19.3. The summed E-state index contributed by atoms with van der Waals surface area (Å²) in [4.78, 5) is 15.9. The highest BCUT2D eigenvalue weighted by molar-refractivity contribution is 5.94. The summed E-state index contributed by atoms with van der Waals surface area (Å²) in [6.07, 6.45) is -2.16. The number of pyridine rings is 1. The lowest BCUT2D eigenvalue weighted by Gasteiger charge is -2.14. The molecule has 2 N–H and O–H groups in total. The molecule has 0 saturated carbocycles. The van der Waals surface area contributed by atoms with E-state index in [-0.39, 0.29) is 18.0 Å². The van der Waals surface area contributed by atoms with Crippen molar-refractivity contribution in [3.05, 3.63) is 59.3 Å². The molecule has 0 bridgehead atoms. The number of rotatable bonds is 7. The number of aromatic nitrogens is 1. The summed E-state index contributed by atoms with van der Waals surface area (Å²) in [6, 6.07) is 10.0. The molecule has 0 spiro atoms. The van der Waals surface area contributed by atoms with E-state index >= 15 is 0 Å². The van der Waals surface area contributed by atoms with Crippen LogP contribution in [-0.2, 0) is 0 Å². The van der Waals surface area contributed by atoms with Crippen molar-refractivity contribution in [1.29, 1.82) is 0 Å². The monoisotopic (exact) mass is 336 g/mol. The van der Waals surface area contributed by atoms with Gasteiger partial charge in [0.05, 0.1) is 6.10 Å². The molecule has 5 nitrogen and oxygen atoms in total. The van der Waals surface area contributed by atoms with Gasteiger partial charge in [-0.15, -0.1) is 0 Å². The number of amides is 1. The standard InChI is InChI=1S/C17H18F2N2O3/c1-11-4-2-3-5-13(11)14(22)9-21-17(23)12-6-7-20-16(8-12)24-10-15(18)19/h2-8,14-15,22H,9-10H2,1H3,(H,21,23). The number of aliphatic hydroxyl groups is 1. The van der Waals surface area contributed by atoms with E-state index in [1.807, 2.05) is 25.1 Å². The predicted molar refractivity (Wildman–Crippen MR) is 84.2 cm³/mol. The molecule has 0 saturated heterocycles. The Balaban J connectivity index is 1.95. The van der Waals surface area contributed by atoms with Crippen LogP contribution in [0.15, 0.2) is 42.6 Å². The maximum absolute atomic E-state index is 12.1. The second kappa shape index (κ2) is 8.35. The molecule has 0 fully saturated rings. The van der Waals surface area contributed by atoms with Crippen molar-refractivity contribution in [2.75, 3.05) is 13.2 Å². The van der Waals surface area contributed by atoms with Crippen LogP contribution in [0.3, 0.4) is 0 Å². The lowest BCUT2D eigenvalue weighted by molar-refractivity contribution is 0.0794. The van der Waals surface area contributed by atoms with E-state index in [4.69, 9.17) is 4.74 Å². The number of halogens is 2. The van der Waals surface area contributed by atoms with Crippen molar-refractivity contribution < 1.29 is 23.4 Å². The molecule has 2 aromatic rings. The second-order valence-corrected chi connectivity index (χ2v) is 5.17. The third-order valence-corrected chi connectivity index (χ3v) is 3.36. The van der Waals surface area contributed by atoms with Crippen LogP contribution >= 0.6 is 0 Å². The number of hydrogen-bond acceptors (Lipinski definition) is 4. The van der Waals surface area contributed by atoms with Crippen LogP contribution in [0.5, 0.6) is 5.88 Å². The Morgan fingerprint density at radius 3 is 2.79 bits per heavy atom. The van der Waals surface area contributed by atoms with Gasteiger partial charge in [0.25, 0.3) is 12.3 Å². The van der Waals surface area contributed by atoms with Crippen molar-refractivity contribution in [3.8, 4) is 5.88 Å². The molecule has 1 aromatic carbocycles. The number of aryl methyl sites for hydroxylation is 1. The van der Waals surface area contributed by atoms with Crippen molar-refractivity contribution in [2.45, 2.75) is 19.5 Å². The summed E-state index contributed by atoms with van der Waals surface area (Å²) in [7, 11) is 0. The van der Waals surface area contributed by atoms with Gasteiger partial charge in [-0.3, -0.25) is 4.79 Å². The van der Waals surface area contributed by atoms with E-state index < -0.39 is 25.0 Å². The van der Waals surface area contributed by atoms with Gasteiger partial charge in [0, 0.05) is 24.4 Å². The minimum atomic E-state index is -2.62. The predicted octanol–water partition coefficient (Wildman–Crippen LogP) is 2.50. The molecule has 0 aliphatic carbocycles. The van der Waals surface area contributed by atoms with Gasteiger partial charge in [0.1, 0.15) is 0 Å². The lowest BCUT2D eigenvalue weighted by atomic mass is 10.0. The Kier molecular flexibility index (Phi) is 6.20. The summed E-state index contributed by atoms with van der Waals surface area (Å²) in [5.41, 5.74) is 1.87. The molecule has 7 heteroatoms. The maximum Gasteiger partial charge on any atom is 0.272 e. The Labute approximate surface area is 138 Å². The summed E-state index contributed by atoms with van der Waals surface area (Å²) < 4.78 is 29.0. The second-order valence-electron chi connectivity index (χ2n) is 5.17. The average Bonchev–Trinajstić information content (AvgIpc) is 2.58. The largest absolute Gasteiger partial charge is 0.472 e. The fraction of sp³-hybridized carbons (Fsp3) is 0.294. The van der Waals surface area contributed by atoms with Gasteiger partial charge >= 0.3 is 0 Å². The van der Waals surface area contributed by atoms with Crippen molar-refractivity contribution >= 4 is 5.91 Å². The van der Waals surface area contributed by atoms with E-state index in [0.717, 1.165) is 11.1 Å². The number of aliphatic hydroxyl groups excluding tert-OH is 1. The zero-order chi connectivity index (χ0) is 17.5. The number of hydrogen-bond donors (Lipinski definition) is 2. The molecule has 24 heavy (non-hydrogen) atoms. The highest BCUT2D eigenvalue weighted by Crippen LogP contribution is 2.16. The van der Waals surface area contributed by atoms with Gasteiger partial charge in [0.15, 0.2) is 6.61 Å². The van der Waals surface area contributed by atoms with Crippen LogP contribution in [-0.4, -0.2) is 35.6 Å². The Morgan fingerprint density at radius 1 is 1.33 bits per heavy atom. The molecule has 0 radical (unpaired) electrons. The van der Waals surface area contributed by atoms with Crippen molar-refractivity contribution in [1.82, 2.24) is 10.3 Å². The third kappa shape index (κ3) is 4.99.